The van der Waals surface area contributed by atoms with Crippen molar-refractivity contribution in [2.45, 2.75) is 12.7 Å². The maximum Gasteiger partial charge on any atom is 0.416 e. The molecule has 0 aliphatic heterocycles. The number of rotatable bonds is 5. The molecule has 7 heteroatoms. The Morgan fingerprint density at radius 1 is 1.07 bits per heavy atom. The molecule has 0 radical (unpaired) electrons. The second-order valence-corrected chi connectivity index (χ2v) is 6.01. The van der Waals surface area contributed by atoms with Crippen molar-refractivity contribution in [1.29, 1.82) is 0 Å². The van der Waals surface area contributed by atoms with Gasteiger partial charge in [0.05, 0.1) is 12.7 Å². The molecule has 144 valence electrons. The van der Waals surface area contributed by atoms with Crippen LogP contribution in [0.25, 0.3) is 11.1 Å². The fraction of sp³-hybridized carbons (Fsp3) is 0.143. The lowest BCUT2D eigenvalue weighted by Crippen LogP contribution is -2.23. The Morgan fingerprint density at radius 3 is 2.46 bits per heavy atom. The minimum atomic E-state index is -4.40. The molecule has 0 spiro atoms. The zero-order valence-electron chi connectivity index (χ0n) is 15.0. The normalized spacial score (nSPS) is 11.1. The van der Waals surface area contributed by atoms with Gasteiger partial charge < -0.3 is 10.1 Å². The van der Waals surface area contributed by atoms with E-state index >= 15 is 0 Å². The summed E-state index contributed by atoms with van der Waals surface area (Å²) in [5, 5.41) is 2.81. The van der Waals surface area contributed by atoms with Gasteiger partial charge in [-0.15, -0.1) is 0 Å². The van der Waals surface area contributed by atoms with Crippen LogP contribution in [0.5, 0.6) is 5.88 Å². The Kier molecular flexibility index (Phi) is 5.63. The van der Waals surface area contributed by atoms with Crippen LogP contribution < -0.4 is 10.1 Å². The van der Waals surface area contributed by atoms with Gasteiger partial charge in [0.2, 0.25) is 5.88 Å². The van der Waals surface area contributed by atoms with Crippen LogP contribution >= 0.6 is 0 Å². The number of carbonyl (C=O) groups is 1. The summed E-state index contributed by atoms with van der Waals surface area (Å²) in [5.74, 6) is 0.114. The molecule has 1 N–H and O–H groups in total. The molecular formula is C21H17F3N2O2. The number of pyridine rings is 1. The predicted molar refractivity (Wildman–Crippen MR) is 98.8 cm³/mol. The quantitative estimate of drug-likeness (QED) is 0.691. The lowest BCUT2D eigenvalue weighted by Gasteiger charge is -2.12. The number of benzene rings is 2. The van der Waals surface area contributed by atoms with E-state index in [4.69, 9.17) is 4.74 Å². The van der Waals surface area contributed by atoms with Crippen LogP contribution in [0.4, 0.5) is 13.2 Å². The topological polar surface area (TPSA) is 51.2 Å². The highest BCUT2D eigenvalue weighted by molar-refractivity contribution is 6.00. The molecule has 1 aromatic heterocycles. The highest BCUT2D eigenvalue weighted by atomic mass is 19.4. The number of carbonyl (C=O) groups excluding carboxylic acids is 1. The third kappa shape index (κ3) is 4.49. The van der Waals surface area contributed by atoms with E-state index in [0.717, 1.165) is 17.7 Å². The molecule has 0 unspecified atom stereocenters. The molecule has 4 nitrogen and oxygen atoms in total. The van der Waals surface area contributed by atoms with Gasteiger partial charge in [-0.05, 0) is 41.0 Å². The average Bonchev–Trinajstić information content (AvgIpc) is 2.71. The van der Waals surface area contributed by atoms with Gasteiger partial charge in [0.1, 0.15) is 0 Å². The van der Waals surface area contributed by atoms with E-state index in [1.807, 2.05) is 0 Å². The van der Waals surface area contributed by atoms with E-state index in [9.17, 15) is 18.0 Å². The standard InChI is InChI=1S/C21H17F3N2O2/c1-28-19-12-14(10-11-25-19)13-26-20(27)18-5-3-2-4-17(18)15-6-8-16(9-7-15)21(22,23)24/h2-12H,13H2,1H3,(H,26,27). The number of alkyl halides is 3. The lowest BCUT2D eigenvalue weighted by molar-refractivity contribution is -0.137. The monoisotopic (exact) mass is 386 g/mol. The second kappa shape index (κ2) is 8.12. The first-order valence-corrected chi connectivity index (χ1v) is 8.42. The van der Waals surface area contributed by atoms with Gasteiger partial charge in [0.25, 0.3) is 5.91 Å². The van der Waals surface area contributed by atoms with Gasteiger partial charge in [-0.2, -0.15) is 13.2 Å². The summed E-state index contributed by atoms with van der Waals surface area (Å²) in [4.78, 5) is 16.7. The third-order valence-corrected chi connectivity index (χ3v) is 4.16. The zero-order chi connectivity index (χ0) is 20.1. The number of nitrogens with one attached hydrogen (secondary N) is 1. The van der Waals surface area contributed by atoms with Gasteiger partial charge >= 0.3 is 6.18 Å². The van der Waals surface area contributed by atoms with Crippen molar-refractivity contribution in [2.75, 3.05) is 7.11 Å². The number of methoxy groups -OCH3 is 1. The fourth-order valence-electron chi connectivity index (χ4n) is 2.72. The number of aromatic nitrogens is 1. The minimum Gasteiger partial charge on any atom is -0.481 e. The van der Waals surface area contributed by atoms with Crippen LogP contribution in [0.15, 0.2) is 66.9 Å². The highest BCUT2D eigenvalue weighted by Gasteiger charge is 2.30. The summed E-state index contributed by atoms with van der Waals surface area (Å²) >= 11 is 0. The molecule has 3 aromatic rings. The van der Waals surface area contributed by atoms with Crippen LogP contribution in [0.1, 0.15) is 21.5 Å². The number of hydrogen-bond acceptors (Lipinski definition) is 3. The molecule has 0 saturated heterocycles. The molecule has 0 atom stereocenters. The Bertz CT molecular complexity index is 970. The Labute approximate surface area is 160 Å². The van der Waals surface area contributed by atoms with Crippen LogP contribution in [0.2, 0.25) is 0 Å². The van der Waals surface area contributed by atoms with Gasteiger partial charge in [0, 0.05) is 24.4 Å². The Balaban J connectivity index is 1.80. The van der Waals surface area contributed by atoms with Crippen LogP contribution in [-0.2, 0) is 12.7 Å². The summed E-state index contributed by atoms with van der Waals surface area (Å²) in [5.41, 5.74) is 1.55. The molecule has 0 fully saturated rings. The number of nitrogens with zero attached hydrogens (tertiary/aromatic N) is 1. The van der Waals surface area contributed by atoms with E-state index in [1.54, 1.807) is 42.6 Å². The zero-order valence-corrected chi connectivity index (χ0v) is 15.0. The van der Waals surface area contributed by atoms with E-state index in [0.29, 0.717) is 22.6 Å². The summed E-state index contributed by atoms with van der Waals surface area (Å²) < 4.78 is 43.4. The molecule has 2 aromatic carbocycles. The number of ether oxygens (including phenoxy) is 1. The molecule has 3 rings (SSSR count). The highest BCUT2D eigenvalue weighted by Crippen LogP contribution is 2.31. The molecule has 1 heterocycles. The maximum atomic E-state index is 12.8. The first kappa shape index (κ1) is 19.4. The molecule has 0 aliphatic carbocycles. The Hall–Kier alpha value is -3.35. The molecule has 0 bridgehead atoms. The third-order valence-electron chi connectivity index (χ3n) is 4.16. The van der Waals surface area contributed by atoms with E-state index in [-0.39, 0.29) is 12.5 Å². The van der Waals surface area contributed by atoms with E-state index in [2.05, 4.69) is 10.3 Å². The van der Waals surface area contributed by atoms with Crippen molar-refractivity contribution >= 4 is 5.91 Å². The Morgan fingerprint density at radius 2 is 1.79 bits per heavy atom. The van der Waals surface area contributed by atoms with Crippen LogP contribution in [-0.4, -0.2) is 18.0 Å². The molecular weight excluding hydrogens is 369 g/mol. The van der Waals surface area contributed by atoms with Crippen molar-refractivity contribution < 1.29 is 22.7 Å². The van der Waals surface area contributed by atoms with Gasteiger partial charge in [-0.25, -0.2) is 4.98 Å². The van der Waals surface area contributed by atoms with Crippen molar-refractivity contribution in [3.05, 3.63) is 83.6 Å². The lowest BCUT2D eigenvalue weighted by atomic mass is 9.98. The first-order valence-electron chi connectivity index (χ1n) is 8.42. The van der Waals surface area contributed by atoms with Crippen LogP contribution in [0.3, 0.4) is 0 Å². The molecule has 0 aliphatic rings. The number of hydrogen-bond donors (Lipinski definition) is 1. The van der Waals surface area contributed by atoms with E-state index < -0.39 is 11.7 Å². The smallest absolute Gasteiger partial charge is 0.416 e. The second-order valence-electron chi connectivity index (χ2n) is 6.01. The van der Waals surface area contributed by atoms with Gasteiger partial charge in [0.15, 0.2) is 0 Å². The maximum absolute atomic E-state index is 12.8. The van der Waals surface area contributed by atoms with Crippen molar-refractivity contribution in [3.63, 3.8) is 0 Å². The summed E-state index contributed by atoms with van der Waals surface area (Å²) in [6.45, 7) is 0.263. The molecule has 1 amide bonds. The largest absolute Gasteiger partial charge is 0.481 e. The average molecular weight is 386 g/mol. The summed E-state index contributed by atoms with van der Waals surface area (Å²) in [6.07, 6.45) is -2.82. The fourth-order valence-corrected chi connectivity index (χ4v) is 2.72. The van der Waals surface area contributed by atoms with Gasteiger partial charge in [-0.1, -0.05) is 30.3 Å². The predicted octanol–water partition coefficient (Wildman–Crippen LogP) is 4.71. The SMILES string of the molecule is COc1cc(CNC(=O)c2ccccc2-c2ccc(C(F)(F)F)cc2)ccn1. The number of halogens is 3. The van der Waals surface area contributed by atoms with E-state index in [1.165, 1.54) is 19.2 Å². The van der Waals surface area contributed by atoms with Gasteiger partial charge in [-0.3, -0.25) is 4.79 Å². The summed E-state index contributed by atoms with van der Waals surface area (Å²) in [7, 11) is 1.50. The molecule has 28 heavy (non-hydrogen) atoms. The first-order chi connectivity index (χ1) is 13.4. The van der Waals surface area contributed by atoms with Crippen molar-refractivity contribution in [3.8, 4) is 17.0 Å². The van der Waals surface area contributed by atoms with Crippen LogP contribution in [0, 0.1) is 0 Å². The number of amides is 1. The van der Waals surface area contributed by atoms with Crippen molar-refractivity contribution in [2.24, 2.45) is 0 Å². The minimum absolute atomic E-state index is 0.263. The molecule has 0 saturated carbocycles. The summed E-state index contributed by atoms with van der Waals surface area (Å²) in [6, 6.07) is 15.0. The van der Waals surface area contributed by atoms with Crippen molar-refractivity contribution in [1.82, 2.24) is 10.3 Å².